The molecule has 3 rings (SSSR count). The van der Waals surface area contributed by atoms with Gasteiger partial charge < -0.3 is 20.6 Å². The maximum Gasteiger partial charge on any atom is 0.191 e. The van der Waals surface area contributed by atoms with Crippen LogP contribution in [-0.4, -0.2) is 72.3 Å². The minimum Gasteiger partial charge on any atom is -0.393 e. The number of aliphatic imine (C=N–C) groups is 1. The van der Waals surface area contributed by atoms with Crippen molar-refractivity contribution in [1.82, 2.24) is 20.4 Å². The highest BCUT2D eigenvalue weighted by Gasteiger charge is 2.20. The molecule has 1 saturated heterocycles. The number of nitrogens with zero attached hydrogens (tertiary/aromatic N) is 3. The second kappa shape index (κ2) is 11.5. The van der Waals surface area contributed by atoms with Crippen molar-refractivity contribution in [3.63, 3.8) is 0 Å². The molecule has 162 valence electrons. The first-order chi connectivity index (χ1) is 14.2. The molecule has 0 unspecified atom stereocenters. The summed E-state index contributed by atoms with van der Waals surface area (Å²) in [5, 5.41) is 16.6. The van der Waals surface area contributed by atoms with E-state index in [-0.39, 0.29) is 6.10 Å². The molecule has 2 fully saturated rings. The van der Waals surface area contributed by atoms with Crippen LogP contribution < -0.4 is 10.6 Å². The second-order valence-electron chi connectivity index (χ2n) is 8.37. The van der Waals surface area contributed by atoms with Crippen molar-refractivity contribution in [2.45, 2.75) is 64.8 Å². The lowest BCUT2D eigenvalue weighted by molar-refractivity contribution is 0.120. The van der Waals surface area contributed by atoms with Gasteiger partial charge in [-0.25, -0.2) is 4.99 Å². The van der Waals surface area contributed by atoms with Crippen LogP contribution in [0.3, 0.4) is 0 Å². The van der Waals surface area contributed by atoms with Gasteiger partial charge >= 0.3 is 0 Å². The Kier molecular flexibility index (Phi) is 8.77. The molecule has 0 radical (unpaired) electrons. The van der Waals surface area contributed by atoms with Crippen LogP contribution in [0.15, 0.2) is 29.3 Å². The molecule has 2 aliphatic rings. The molecule has 0 atom stereocenters. The molecular weight excluding hydrogens is 362 g/mol. The van der Waals surface area contributed by atoms with Gasteiger partial charge in [-0.1, -0.05) is 31.2 Å². The summed E-state index contributed by atoms with van der Waals surface area (Å²) in [6.45, 7) is 12.8. The van der Waals surface area contributed by atoms with E-state index in [1.54, 1.807) is 0 Å². The lowest BCUT2D eigenvalue weighted by atomic mass is 9.93. The van der Waals surface area contributed by atoms with E-state index >= 15 is 0 Å². The van der Waals surface area contributed by atoms with Crippen LogP contribution in [0.1, 0.15) is 50.7 Å². The van der Waals surface area contributed by atoms with E-state index in [9.17, 15) is 5.11 Å². The van der Waals surface area contributed by atoms with Gasteiger partial charge in [-0.05, 0) is 50.3 Å². The fraction of sp³-hybridized carbons (Fsp3) is 0.696. The molecule has 1 aliphatic carbocycles. The molecule has 0 aromatic heterocycles. The van der Waals surface area contributed by atoms with Gasteiger partial charge in [0.25, 0.3) is 0 Å². The Morgan fingerprint density at radius 2 is 1.59 bits per heavy atom. The van der Waals surface area contributed by atoms with E-state index in [1.807, 2.05) is 0 Å². The maximum atomic E-state index is 9.69. The van der Waals surface area contributed by atoms with Gasteiger partial charge in [-0.15, -0.1) is 0 Å². The van der Waals surface area contributed by atoms with Crippen molar-refractivity contribution < 1.29 is 5.11 Å². The molecule has 3 N–H and O–H groups in total. The number of aliphatic hydroxyl groups excluding tert-OH is 1. The third-order valence-electron chi connectivity index (χ3n) is 6.14. The minimum absolute atomic E-state index is 0.124. The smallest absolute Gasteiger partial charge is 0.191 e. The topological polar surface area (TPSA) is 63.1 Å². The van der Waals surface area contributed by atoms with Gasteiger partial charge in [-0.3, -0.25) is 4.90 Å². The van der Waals surface area contributed by atoms with Crippen molar-refractivity contribution in [3.05, 3.63) is 35.4 Å². The number of nitrogens with one attached hydrogen (secondary N) is 2. The Morgan fingerprint density at radius 3 is 2.21 bits per heavy atom. The molecular formula is C23H39N5O. The van der Waals surface area contributed by atoms with Gasteiger partial charge in [0.2, 0.25) is 0 Å². The first-order valence-corrected chi connectivity index (χ1v) is 11.4. The van der Waals surface area contributed by atoms with Crippen LogP contribution in [0.2, 0.25) is 0 Å². The molecule has 0 bridgehead atoms. The number of guanidine groups is 1. The lowest BCUT2D eigenvalue weighted by Crippen LogP contribution is -2.45. The predicted octanol–water partition coefficient (Wildman–Crippen LogP) is 2.18. The van der Waals surface area contributed by atoms with Crippen LogP contribution in [-0.2, 0) is 13.1 Å². The summed E-state index contributed by atoms with van der Waals surface area (Å²) < 4.78 is 0. The predicted molar refractivity (Wildman–Crippen MR) is 120 cm³/mol. The van der Waals surface area contributed by atoms with Crippen molar-refractivity contribution in [1.29, 1.82) is 0 Å². The quantitative estimate of drug-likeness (QED) is 0.483. The average Bonchev–Trinajstić information content (AvgIpc) is 2.75. The number of aliphatic hydroxyl groups is 1. The van der Waals surface area contributed by atoms with Gasteiger partial charge in [0.05, 0.1) is 12.6 Å². The number of hydrogen-bond acceptors (Lipinski definition) is 4. The standard InChI is InChI=1S/C23H39N5O/c1-3-24-23(26-21-9-11-22(29)12-10-21)25-17-19-5-7-20(8-6-19)18-28-15-13-27(4-2)14-16-28/h5-8,21-22,29H,3-4,9-18H2,1-2H3,(H2,24,25,26). The Morgan fingerprint density at radius 1 is 0.966 bits per heavy atom. The zero-order valence-electron chi connectivity index (χ0n) is 18.2. The summed E-state index contributed by atoms with van der Waals surface area (Å²) in [5.41, 5.74) is 2.62. The van der Waals surface area contributed by atoms with Crippen molar-refractivity contribution in [2.75, 3.05) is 39.3 Å². The Labute approximate surface area is 176 Å². The highest BCUT2D eigenvalue weighted by atomic mass is 16.3. The second-order valence-corrected chi connectivity index (χ2v) is 8.37. The molecule has 1 aromatic rings. The van der Waals surface area contributed by atoms with E-state index in [4.69, 9.17) is 4.99 Å². The highest BCUT2D eigenvalue weighted by Crippen LogP contribution is 2.18. The molecule has 1 aliphatic heterocycles. The van der Waals surface area contributed by atoms with E-state index in [0.717, 1.165) is 64.4 Å². The molecule has 1 aromatic carbocycles. The number of hydrogen-bond donors (Lipinski definition) is 3. The summed E-state index contributed by atoms with van der Waals surface area (Å²) >= 11 is 0. The maximum absolute atomic E-state index is 9.69. The fourth-order valence-electron chi connectivity index (χ4n) is 4.18. The summed E-state index contributed by atoms with van der Waals surface area (Å²) in [5.74, 6) is 0.881. The first-order valence-electron chi connectivity index (χ1n) is 11.4. The number of piperazine rings is 1. The molecule has 0 spiro atoms. The van der Waals surface area contributed by atoms with Crippen molar-refractivity contribution >= 4 is 5.96 Å². The van der Waals surface area contributed by atoms with Crippen LogP contribution in [0.4, 0.5) is 0 Å². The van der Waals surface area contributed by atoms with Crippen molar-refractivity contribution in [2.24, 2.45) is 4.99 Å². The zero-order chi connectivity index (χ0) is 20.5. The van der Waals surface area contributed by atoms with Gasteiger partial charge in [0.15, 0.2) is 5.96 Å². The van der Waals surface area contributed by atoms with Gasteiger partial charge in [-0.2, -0.15) is 0 Å². The minimum atomic E-state index is -0.124. The summed E-state index contributed by atoms with van der Waals surface area (Å²) in [4.78, 5) is 9.84. The lowest BCUT2D eigenvalue weighted by Gasteiger charge is -2.34. The third kappa shape index (κ3) is 7.28. The highest BCUT2D eigenvalue weighted by molar-refractivity contribution is 5.80. The third-order valence-corrected chi connectivity index (χ3v) is 6.14. The van der Waals surface area contributed by atoms with E-state index in [1.165, 1.54) is 24.2 Å². The summed E-state index contributed by atoms with van der Waals surface area (Å²) in [6, 6.07) is 9.33. The van der Waals surface area contributed by atoms with Crippen LogP contribution in [0.25, 0.3) is 0 Å². The Hall–Kier alpha value is -1.63. The molecule has 29 heavy (non-hydrogen) atoms. The van der Waals surface area contributed by atoms with Crippen LogP contribution >= 0.6 is 0 Å². The zero-order valence-corrected chi connectivity index (χ0v) is 18.2. The van der Waals surface area contributed by atoms with Crippen molar-refractivity contribution in [3.8, 4) is 0 Å². The Bertz CT molecular complexity index is 617. The molecule has 1 heterocycles. The summed E-state index contributed by atoms with van der Waals surface area (Å²) in [7, 11) is 0. The SMILES string of the molecule is CCNC(=NCc1ccc(CN2CCN(CC)CC2)cc1)NC1CCC(O)CC1. The fourth-order valence-corrected chi connectivity index (χ4v) is 4.18. The first kappa shape index (κ1) is 22.1. The van der Waals surface area contributed by atoms with E-state index in [2.05, 4.69) is 58.5 Å². The van der Waals surface area contributed by atoms with E-state index < -0.39 is 0 Å². The Balaban J connectivity index is 1.48. The van der Waals surface area contributed by atoms with Gasteiger partial charge in [0, 0.05) is 45.3 Å². The monoisotopic (exact) mass is 401 g/mol. The van der Waals surface area contributed by atoms with Gasteiger partial charge in [0.1, 0.15) is 0 Å². The molecule has 1 saturated carbocycles. The number of rotatable bonds is 7. The largest absolute Gasteiger partial charge is 0.393 e. The number of benzene rings is 1. The van der Waals surface area contributed by atoms with Crippen LogP contribution in [0.5, 0.6) is 0 Å². The van der Waals surface area contributed by atoms with E-state index in [0.29, 0.717) is 12.6 Å². The van der Waals surface area contributed by atoms with Crippen LogP contribution in [0, 0.1) is 0 Å². The summed E-state index contributed by atoms with van der Waals surface area (Å²) in [6.07, 6.45) is 3.65. The average molecular weight is 402 g/mol. The molecule has 6 heteroatoms. The molecule has 0 amide bonds. The number of likely N-dealkylation sites (N-methyl/N-ethyl adjacent to an activating group) is 1. The molecule has 6 nitrogen and oxygen atoms in total. The normalized spacial score (nSPS) is 24.4.